The van der Waals surface area contributed by atoms with E-state index in [9.17, 15) is 20.0 Å². The predicted octanol–water partition coefficient (Wildman–Crippen LogP) is 0.290. The van der Waals surface area contributed by atoms with Crippen LogP contribution in [0.25, 0.3) is 0 Å². The molecule has 0 saturated carbocycles. The fourth-order valence-corrected chi connectivity index (χ4v) is 3.31. The number of hydrogen-bond donors (Lipinski definition) is 1. The molecule has 25 heavy (non-hydrogen) atoms. The summed E-state index contributed by atoms with van der Waals surface area (Å²) in [5, 5.41) is 19.8. The fraction of sp³-hybridized carbons (Fsp3) is 0.353. The second-order valence-corrected chi connectivity index (χ2v) is 6.02. The van der Waals surface area contributed by atoms with Crippen LogP contribution in [0.15, 0.2) is 27.8 Å². The largest absolute Gasteiger partial charge is 0.454 e. The monoisotopic (exact) mass is 341 g/mol. The molecule has 1 aromatic carbocycles. The SMILES string of the molecule is N#Cc1c2n(c(=O)n(CC(O)c3ccc4c(c3)OCO4)c1=O)CCC2. The molecule has 2 aromatic rings. The Balaban J connectivity index is 1.73. The van der Waals surface area contributed by atoms with E-state index >= 15 is 0 Å². The van der Waals surface area contributed by atoms with Crippen molar-refractivity contribution in [2.45, 2.75) is 32.0 Å². The number of benzene rings is 1. The van der Waals surface area contributed by atoms with Crippen LogP contribution < -0.4 is 20.7 Å². The van der Waals surface area contributed by atoms with Crippen LogP contribution in [0.2, 0.25) is 0 Å². The van der Waals surface area contributed by atoms with Crippen LogP contribution >= 0.6 is 0 Å². The Bertz CT molecular complexity index is 1010. The van der Waals surface area contributed by atoms with Crippen molar-refractivity contribution in [3.8, 4) is 17.6 Å². The second kappa shape index (κ2) is 5.79. The van der Waals surface area contributed by atoms with Gasteiger partial charge in [-0.25, -0.2) is 4.79 Å². The number of nitriles is 1. The number of nitrogens with zero attached hydrogens (tertiary/aromatic N) is 3. The van der Waals surface area contributed by atoms with Crippen LogP contribution in [0.5, 0.6) is 11.5 Å². The molecule has 0 fully saturated rings. The van der Waals surface area contributed by atoms with Crippen molar-refractivity contribution < 1.29 is 14.6 Å². The van der Waals surface area contributed by atoms with Gasteiger partial charge < -0.3 is 14.6 Å². The van der Waals surface area contributed by atoms with Gasteiger partial charge in [0.15, 0.2) is 11.5 Å². The van der Waals surface area contributed by atoms with Gasteiger partial charge in [-0.3, -0.25) is 13.9 Å². The van der Waals surface area contributed by atoms with Crippen molar-refractivity contribution >= 4 is 0 Å². The summed E-state index contributed by atoms with van der Waals surface area (Å²) in [4.78, 5) is 25.1. The van der Waals surface area contributed by atoms with E-state index in [0.29, 0.717) is 35.7 Å². The van der Waals surface area contributed by atoms with Gasteiger partial charge in [-0.1, -0.05) is 6.07 Å². The lowest BCUT2D eigenvalue weighted by molar-refractivity contribution is 0.151. The Hall–Kier alpha value is -3.05. The zero-order chi connectivity index (χ0) is 17.6. The number of aliphatic hydroxyl groups is 1. The van der Waals surface area contributed by atoms with Gasteiger partial charge in [0.1, 0.15) is 11.6 Å². The maximum absolute atomic E-state index is 12.6. The Morgan fingerprint density at radius 1 is 1.28 bits per heavy atom. The highest BCUT2D eigenvalue weighted by atomic mass is 16.7. The summed E-state index contributed by atoms with van der Waals surface area (Å²) in [6.45, 7) is 0.363. The Kier molecular flexibility index (Phi) is 3.58. The Morgan fingerprint density at radius 2 is 2.08 bits per heavy atom. The van der Waals surface area contributed by atoms with E-state index in [-0.39, 0.29) is 18.9 Å². The Morgan fingerprint density at radius 3 is 2.88 bits per heavy atom. The molecule has 0 amide bonds. The summed E-state index contributed by atoms with van der Waals surface area (Å²) in [5.41, 5.74) is -0.169. The third-order valence-corrected chi connectivity index (χ3v) is 4.58. The van der Waals surface area contributed by atoms with E-state index in [2.05, 4.69) is 0 Å². The van der Waals surface area contributed by atoms with Crippen molar-refractivity contribution in [3.05, 3.63) is 55.9 Å². The molecule has 1 atom stereocenters. The van der Waals surface area contributed by atoms with Crippen LogP contribution in [0.4, 0.5) is 0 Å². The average Bonchev–Trinajstić information content (AvgIpc) is 3.27. The van der Waals surface area contributed by atoms with Crippen LogP contribution in [0.3, 0.4) is 0 Å². The summed E-state index contributed by atoms with van der Waals surface area (Å²) in [5.74, 6) is 1.09. The van der Waals surface area contributed by atoms with Gasteiger partial charge in [0.05, 0.1) is 12.6 Å². The Labute approximate surface area is 142 Å². The zero-order valence-electron chi connectivity index (χ0n) is 13.3. The lowest BCUT2D eigenvalue weighted by Crippen LogP contribution is -2.42. The molecule has 2 aliphatic heterocycles. The second-order valence-electron chi connectivity index (χ2n) is 6.02. The number of fused-ring (bicyclic) bond motifs is 2. The number of aliphatic hydroxyl groups excluding tert-OH is 1. The molecule has 128 valence electrons. The third kappa shape index (κ3) is 2.40. The van der Waals surface area contributed by atoms with Gasteiger partial charge in [0, 0.05) is 12.2 Å². The predicted molar refractivity (Wildman–Crippen MR) is 85.5 cm³/mol. The molecule has 1 aromatic heterocycles. The van der Waals surface area contributed by atoms with Crippen molar-refractivity contribution in [2.24, 2.45) is 0 Å². The van der Waals surface area contributed by atoms with E-state index in [1.54, 1.807) is 18.2 Å². The molecule has 1 N–H and O–H groups in total. The van der Waals surface area contributed by atoms with Gasteiger partial charge in [-0.15, -0.1) is 0 Å². The molecule has 3 heterocycles. The van der Waals surface area contributed by atoms with E-state index in [0.717, 1.165) is 11.0 Å². The molecule has 0 aliphatic carbocycles. The van der Waals surface area contributed by atoms with Gasteiger partial charge in [-0.05, 0) is 30.5 Å². The van der Waals surface area contributed by atoms with Crippen LogP contribution in [0.1, 0.15) is 29.3 Å². The highest BCUT2D eigenvalue weighted by Crippen LogP contribution is 2.34. The van der Waals surface area contributed by atoms with E-state index in [4.69, 9.17) is 9.47 Å². The van der Waals surface area contributed by atoms with Crippen LogP contribution in [0, 0.1) is 11.3 Å². The molecule has 8 nitrogen and oxygen atoms in total. The first-order chi connectivity index (χ1) is 12.1. The lowest BCUT2D eigenvalue weighted by atomic mass is 10.1. The quantitative estimate of drug-likeness (QED) is 0.860. The molecule has 1 unspecified atom stereocenters. The smallest absolute Gasteiger partial charge is 0.331 e. The first-order valence-corrected chi connectivity index (χ1v) is 7.94. The molecule has 4 rings (SSSR count). The summed E-state index contributed by atoms with van der Waals surface area (Å²) < 4.78 is 12.9. The number of hydrogen-bond acceptors (Lipinski definition) is 6. The van der Waals surface area contributed by atoms with E-state index in [1.807, 2.05) is 6.07 Å². The minimum atomic E-state index is -1.09. The minimum Gasteiger partial charge on any atom is -0.454 e. The first-order valence-electron chi connectivity index (χ1n) is 7.94. The highest BCUT2D eigenvalue weighted by Gasteiger charge is 2.24. The van der Waals surface area contributed by atoms with Gasteiger partial charge >= 0.3 is 5.69 Å². The lowest BCUT2D eigenvalue weighted by Gasteiger charge is -2.15. The topological polar surface area (TPSA) is 106 Å². The maximum atomic E-state index is 12.6. The first kappa shape index (κ1) is 15.5. The summed E-state index contributed by atoms with van der Waals surface area (Å²) in [6, 6.07) is 6.84. The van der Waals surface area contributed by atoms with Crippen molar-refractivity contribution in [3.63, 3.8) is 0 Å². The fourth-order valence-electron chi connectivity index (χ4n) is 3.31. The highest BCUT2D eigenvalue weighted by molar-refractivity contribution is 5.45. The zero-order valence-corrected chi connectivity index (χ0v) is 13.3. The van der Waals surface area contributed by atoms with Crippen molar-refractivity contribution in [2.75, 3.05) is 6.79 Å². The molecule has 0 saturated heterocycles. The molecule has 8 heteroatoms. The standard InChI is InChI=1S/C17H15N3O5/c18-7-11-12-2-1-5-19(12)17(23)20(16(11)22)8-13(21)10-3-4-14-15(6-10)25-9-24-14/h3-4,6,13,21H,1-2,5,8-9H2. The molecular formula is C17H15N3O5. The molecule has 0 bridgehead atoms. The van der Waals surface area contributed by atoms with Gasteiger partial charge in [0.2, 0.25) is 6.79 Å². The maximum Gasteiger partial charge on any atom is 0.331 e. The summed E-state index contributed by atoms with van der Waals surface area (Å²) >= 11 is 0. The van der Waals surface area contributed by atoms with Crippen molar-refractivity contribution in [1.29, 1.82) is 5.26 Å². The number of rotatable bonds is 3. The normalized spacial score (nSPS) is 15.7. The van der Waals surface area contributed by atoms with E-state index < -0.39 is 17.4 Å². The average molecular weight is 341 g/mol. The number of ether oxygens (including phenoxy) is 2. The number of aromatic nitrogens is 2. The molecule has 0 radical (unpaired) electrons. The minimum absolute atomic E-state index is 0.0185. The summed E-state index contributed by atoms with van der Waals surface area (Å²) in [6.07, 6.45) is 0.170. The molecule has 2 aliphatic rings. The third-order valence-electron chi connectivity index (χ3n) is 4.58. The summed E-state index contributed by atoms with van der Waals surface area (Å²) in [7, 11) is 0. The van der Waals surface area contributed by atoms with Crippen LogP contribution in [-0.4, -0.2) is 21.0 Å². The molecular weight excluding hydrogens is 326 g/mol. The van der Waals surface area contributed by atoms with Gasteiger partial charge in [0.25, 0.3) is 5.56 Å². The van der Waals surface area contributed by atoms with Gasteiger partial charge in [-0.2, -0.15) is 5.26 Å². The van der Waals surface area contributed by atoms with Crippen LogP contribution in [-0.2, 0) is 19.5 Å². The van der Waals surface area contributed by atoms with E-state index in [1.165, 1.54) is 4.57 Å². The molecule has 0 spiro atoms. The van der Waals surface area contributed by atoms with Crippen molar-refractivity contribution in [1.82, 2.24) is 9.13 Å².